The number of benzene rings is 1. The van der Waals surface area contributed by atoms with Gasteiger partial charge < -0.3 is 5.32 Å². The monoisotopic (exact) mass is 268 g/mol. The average Bonchev–Trinajstić information content (AvgIpc) is 2.39. The maximum Gasteiger partial charge on any atom is 0.251 e. The zero-order valence-electron chi connectivity index (χ0n) is 11.4. The van der Waals surface area contributed by atoms with Crippen molar-refractivity contribution in [2.45, 2.75) is 38.3 Å². The van der Waals surface area contributed by atoms with Crippen LogP contribution in [0, 0.1) is 0 Å². The summed E-state index contributed by atoms with van der Waals surface area (Å²) in [5, 5.41) is 3.49. The Bertz CT molecular complexity index is 370. The van der Waals surface area contributed by atoms with E-state index in [1.54, 1.807) is 0 Å². The molecule has 2 rings (SSSR count). The van der Waals surface area contributed by atoms with Gasteiger partial charge in [0.15, 0.2) is 0 Å². The number of hydrogen-bond donors (Lipinski definition) is 1. The van der Waals surface area contributed by atoms with Crippen molar-refractivity contribution in [3.63, 3.8) is 0 Å². The largest absolute Gasteiger partial charge is 0.311 e. The fraction of sp³-hybridized carbons (Fsp3) is 0.600. The molecule has 4 heteroatoms. The maximum atomic E-state index is 12.6. The van der Waals surface area contributed by atoms with Gasteiger partial charge in [-0.15, -0.1) is 0 Å². The molecule has 2 atom stereocenters. The predicted molar refractivity (Wildman–Crippen MR) is 73.6 cm³/mol. The number of halogens is 2. The zero-order valence-corrected chi connectivity index (χ0v) is 11.4. The Morgan fingerprint density at radius 1 is 1.32 bits per heavy atom. The first-order chi connectivity index (χ1) is 9.19. The highest BCUT2D eigenvalue weighted by Gasteiger charge is 2.28. The fourth-order valence-electron chi connectivity index (χ4n) is 2.77. The molecule has 2 nitrogen and oxygen atoms in total. The highest BCUT2D eigenvalue weighted by molar-refractivity contribution is 5.16. The SMILES string of the molecule is CCC1CNC(Cc2ccccc2)CN1CC(F)F. The van der Waals surface area contributed by atoms with Gasteiger partial charge in [-0.05, 0) is 18.4 Å². The predicted octanol–water partition coefficient (Wildman–Crippen LogP) is 2.55. The van der Waals surface area contributed by atoms with Crippen LogP contribution in [0.15, 0.2) is 30.3 Å². The van der Waals surface area contributed by atoms with E-state index in [2.05, 4.69) is 24.4 Å². The van der Waals surface area contributed by atoms with Crippen LogP contribution in [0.4, 0.5) is 8.78 Å². The molecule has 0 saturated carbocycles. The van der Waals surface area contributed by atoms with Crippen LogP contribution in [-0.2, 0) is 6.42 Å². The van der Waals surface area contributed by atoms with Gasteiger partial charge in [0.2, 0.25) is 0 Å². The number of piperazine rings is 1. The second-order valence-electron chi connectivity index (χ2n) is 5.20. The summed E-state index contributed by atoms with van der Waals surface area (Å²) in [6.45, 7) is 3.46. The Morgan fingerprint density at radius 2 is 2.05 bits per heavy atom. The lowest BCUT2D eigenvalue weighted by Gasteiger charge is -2.40. The van der Waals surface area contributed by atoms with Gasteiger partial charge in [0, 0.05) is 25.2 Å². The molecular weight excluding hydrogens is 246 g/mol. The van der Waals surface area contributed by atoms with Gasteiger partial charge in [-0.3, -0.25) is 4.90 Å². The highest BCUT2D eigenvalue weighted by Crippen LogP contribution is 2.15. The smallest absolute Gasteiger partial charge is 0.251 e. The topological polar surface area (TPSA) is 15.3 Å². The molecule has 1 aromatic carbocycles. The molecule has 1 aliphatic rings. The summed E-state index contributed by atoms with van der Waals surface area (Å²) in [5.74, 6) is 0. The lowest BCUT2D eigenvalue weighted by Crippen LogP contribution is -2.57. The van der Waals surface area contributed by atoms with Crippen LogP contribution in [0.25, 0.3) is 0 Å². The Hall–Kier alpha value is -1.00. The number of hydrogen-bond acceptors (Lipinski definition) is 2. The van der Waals surface area contributed by atoms with Crippen molar-refractivity contribution in [3.05, 3.63) is 35.9 Å². The number of rotatable bonds is 5. The van der Waals surface area contributed by atoms with Crippen LogP contribution in [0.2, 0.25) is 0 Å². The number of alkyl halides is 2. The van der Waals surface area contributed by atoms with Crippen LogP contribution >= 0.6 is 0 Å². The molecule has 0 aliphatic carbocycles. The van der Waals surface area contributed by atoms with Crippen LogP contribution in [0.3, 0.4) is 0 Å². The van der Waals surface area contributed by atoms with Gasteiger partial charge in [0.05, 0.1) is 6.54 Å². The van der Waals surface area contributed by atoms with Crippen molar-refractivity contribution in [1.82, 2.24) is 10.2 Å². The molecule has 0 aromatic heterocycles. The van der Waals surface area contributed by atoms with E-state index in [-0.39, 0.29) is 18.6 Å². The lowest BCUT2D eigenvalue weighted by molar-refractivity contribution is 0.0419. The van der Waals surface area contributed by atoms with Crippen LogP contribution in [-0.4, -0.2) is 43.0 Å². The van der Waals surface area contributed by atoms with E-state index >= 15 is 0 Å². The van der Waals surface area contributed by atoms with E-state index in [4.69, 9.17) is 0 Å². The summed E-state index contributed by atoms with van der Waals surface area (Å²) in [4.78, 5) is 1.94. The van der Waals surface area contributed by atoms with Crippen molar-refractivity contribution in [2.24, 2.45) is 0 Å². The van der Waals surface area contributed by atoms with Gasteiger partial charge in [-0.2, -0.15) is 0 Å². The minimum atomic E-state index is -2.25. The van der Waals surface area contributed by atoms with Crippen LogP contribution in [0.1, 0.15) is 18.9 Å². The van der Waals surface area contributed by atoms with Gasteiger partial charge in [0.25, 0.3) is 6.43 Å². The molecule has 0 spiro atoms. The quantitative estimate of drug-likeness (QED) is 0.883. The lowest BCUT2D eigenvalue weighted by atomic mass is 10.0. The molecule has 106 valence electrons. The van der Waals surface area contributed by atoms with E-state index in [0.29, 0.717) is 6.54 Å². The van der Waals surface area contributed by atoms with E-state index in [1.807, 2.05) is 23.1 Å². The first-order valence-corrected chi connectivity index (χ1v) is 6.98. The van der Waals surface area contributed by atoms with E-state index in [9.17, 15) is 8.78 Å². The van der Waals surface area contributed by atoms with Crippen molar-refractivity contribution < 1.29 is 8.78 Å². The maximum absolute atomic E-state index is 12.6. The Kier molecular flexibility index (Phi) is 5.28. The zero-order chi connectivity index (χ0) is 13.7. The minimum Gasteiger partial charge on any atom is -0.311 e. The van der Waals surface area contributed by atoms with E-state index < -0.39 is 6.43 Å². The highest BCUT2D eigenvalue weighted by atomic mass is 19.3. The molecule has 19 heavy (non-hydrogen) atoms. The molecule has 0 bridgehead atoms. The van der Waals surface area contributed by atoms with E-state index in [0.717, 1.165) is 19.4 Å². The average molecular weight is 268 g/mol. The Labute approximate surface area is 113 Å². The van der Waals surface area contributed by atoms with Crippen molar-refractivity contribution in [3.8, 4) is 0 Å². The number of nitrogens with one attached hydrogen (secondary N) is 1. The summed E-state index contributed by atoms with van der Waals surface area (Å²) in [6.07, 6.45) is -0.432. The second-order valence-corrected chi connectivity index (χ2v) is 5.20. The fourth-order valence-corrected chi connectivity index (χ4v) is 2.77. The Balaban J connectivity index is 1.93. The third kappa shape index (κ3) is 4.25. The standard InChI is InChI=1S/C15H22F2N2/c1-2-14-9-18-13(10-19(14)11-15(16)17)8-12-6-4-3-5-7-12/h3-7,13-15,18H,2,8-11H2,1H3. The molecule has 0 amide bonds. The summed E-state index contributed by atoms with van der Waals surface area (Å²) in [7, 11) is 0. The first-order valence-electron chi connectivity index (χ1n) is 6.98. The van der Waals surface area contributed by atoms with Gasteiger partial charge in [-0.25, -0.2) is 8.78 Å². The minimum absolute atomic E-state index is 0.106. The Morgan fingerprint density at radius 3 is 2.68 bits per heavy atom. The molecule has 1 aromatic rings. The molecule has 1 fully saturated rings. The molecule has 1 heterocycles. The van der Waals surface area contributed by atoms with Crippen molar-refractivity contribution in [2.75, 3.05) is 19.6 Å². The molecule has 2 unspecified atom stereocenters. The van der Waals surface area contributed by atoms with Crippen LogP contribution in [0.5, 0.6) is 0 Å². The third-order valence-corrected chi connectivity index (χ3v) is 3.78. The first kappa shape index (κ1) is 14.4. The number of nitrogens with zero attached hydrogens (tertiary/aromatic N) is 1. The molecular formula is C15H22F2N2. The van der Waals surface area contributed by atoms with Crippen molar-refractivity contribution in [1.29, 1.82) is 0 Å². The third-order valence-electron chi connectivity index (χ3n) is 3.78. The summed E-state index contributed by atoms with van der Waals surface area (Å²) in [5.41, 5.74) is 1.26. The summed E-state index contributed by atoms with van der Waals surface area (Å²) in [6, 6.07) is 10.7. The molecule has 0 radical (unpaired) electrons. The van der Waals surface area contributed by atoms with Gasteiger partial charge in [-0.1, -0.05) is 37.3 Å². The van der Waals surface area contributed by atoms with Gasteiger partial charge in [0.1, 0.15) is 0 Å². The summed E-state index contributed by atoms with van der Waals surface area (Å²) < 4.78 is 25.2. The molecule has 1 N–H and O–H groups in total. The summed E-state index contributed by atoms with van der Waals surface area (Å²) >= 11 is 0. The van der Waals surface area contributed by atoms with Crippen LogP contribution < -0.4 is 5.32 Å². The molecule has 1 saturated heterocycles. The second kappa shape index (κ2) is 6.96. The van der Waals surface area contributed by atoms with Gasteiger partial charge >= 0.3 is 0 Å². The normalized spacial score (nSPS) is 24.8. The van der Waals surface area contributed by atoms with Crippen molar-refractivity contribution >= 4 is 0 Å². The molecule has 1 aliphatic heterocycles. The van der Waals surface area contributed by atoms with E-state index in [1.165, 1.54) is 5.56 Å².